The molecule has 0 radical (unpaired) electrons. The maximum atomic E-state index is 13.2. The molecule has 30 heavy (non-hydrogen) atoms. The standard InChI is InChI=1S/C26H20ClNO2/c27-21-17-15-20(16-18-21)26(30,19-9-3-1-4-10-19)24-14-8-7-13-23(24)25(29)28-22-11-5-2-6-12-22/h1-18,30H,(H,28,29). The van der Waals surface area contributed by atoms with Crippen molar-refractivity contribution in [3.05, 3.63) is 136 Å². The van der Waals surface area contributed by atoms with Gasteiger partial charge in [-0.1, -0.05) is 90.5 Å². The topological polar surface area (TPSA) is 49.3 Å². The summed E-state index contributed by atoms with van der Waals surface area (Å²) in [5, 5.41) is 15.6. The lowest BCUT2D eigenvalue weighted by Crippen LogP contribution is -2.32. The molecule has 0 saturated heterocycles. The third-order valence-electron chi connectivity index (χ3n) is 5.05. The Hall–Kier alpha value is -3.40. The Morgan fingerprint density at radius 2 is 1.23 bits per heavy atom. The molecule has 1 amide bonds. The van der Waals surface area contributed by atoms with E-state index < -0.39 is 5.60 Å². The number of halogens is 1. The van der Waals surface area contributed by atoms with Crippen molar-refractivity contribution in [1.82, 2.24) is 0 Å². The van der Waals surface area contributed by atoms with Crippen LogP contribution in [0, 0.1) is 0 Å². The minimum Gasteiger partial charge on any atom is -0.376 e. The molecule has 4 rings (SSSR count). The second kappa shape index (κ2) is 8.54. The third kappa shape index (κ3) is 3.86. The molecule has 0 heterocycles. The van der Waals surface area contributed by atoms with E-state index in [1.165, 1.54) is 0 Å². The molecule has 4 aromatic rings. The van der Waals surface area contributed by atoms with Crippen LogP contribution in [-0.4, -0.2) is 11.0 Å². The summed E-state index contributed by atoms with van der Waals surface area (Å²) in [5.74, 6) is -0.292. The average Bonchev–Trinajstić information content (AvgIpc) is 2.80. The van der Waals surface area contributed by atoms with E-state index in [0.29, 0.717) is 33.0 Å². The minimum atomic E-state index is -1.53. The summed E-state index contributed by atoms with van der Waals surface area (Å²) in [6.45, 7) is 0. The molecule has 0 aliphatic heterocycles. The molecule has 0 aromatic heterocycles. The van der Waals surface area contributed by atoms with E-state index in [1.54, 1.807) is 42.5 Å². The zero-order valence-electron chi connectivity index (χ0n) is 16.1. The Balaban J connectivity index is 1.86. The summed E-state index contributed by atoms with van der Waals surface area (Å²) in [6.07, 6.45) is 0. The van der Waals surface area contributed by atoms with Crippen molar-refractivity contribution in [2.45, 2.75) is 5.60 Å². The first-order valence-corrected chi connectivity index (χ1v) is 9.96. The molecule has 0 saturated carbocycles. The molecule has 4 heteroatoms. The van der Waals surface area contributed by atoms with Crippen molar-refractivity contribution < 1.29 is 9.90 Å². The summed E-state index contributed by atoms with van der Waals surface area (Å²) in [6, 6.07) is 32.7. The van der Waals surface area contributed by atoms with Crippen LogP contribution in [0.15, 0.2) is 109 Å². The van der Waals surface area contributed by atoms with Crippen LogP contribution in [-0.2, 0) is 5.60 Å². The molecule has 0 aliphatic carbocycles. The van der Waals surface area contributed by atoms with Crippen molar-refractivity contribution >= 4 is 23.2 Å². The van der Waals surface area contributed by atoms with Crippen LogP contribution in [0.4, 0.5) is 5.69 Å². The van der Waals surface area contributed by atoms with Crippen LogP contribution in [0.3, 0.4) is 0 Å². The average molecular weight is 414 g/mol. The Bertz CT molecular complexity index is 1140. The first kappa shape index (κ1) is 19.9. The molecule has 148 valence electrons. The van der Waals surface area contributed by atoms with Crippen molar-refractivity contribution in [1.29, 1.82) is 0 Å². The number of anilines is 1. The van der Waals surface area contributed by atoms with Gasteiger partial charge >= 0.3 is 0 Å². The van der Waals surface area contributed by atoms with Crippen LogP contribution in [0.25, 0.3) is 0 Å². The van der Waals surface area contributed by atoms with Crippen LogP contribution < -0.4 is 5.32 Å². The maximum absolute atomic E-state index is 13.2. The van der Waals surface area contributed by atoms with Gasteiger partial charge in [-0.05, 0) is 41.5 Å². The summed E-state index contributed by atoms with van der Waals surface area (Å²) in [7, 11) is 0. The lowest BCUT2D eigenvalue weighted by molar-refractivity contribution is 0.0996. The van der Waals surface area contributed by atoms with E-state index >= 15 is 0 Å². The van der Waals surface area contributed by atoms with Gasteiger partial charge in [-0.25, -0.2) is 0 Å². The fraction of sp³-hybridized carbons (Fsp3) is 0.0385. The molecule has 0 spiro atoms. The number of amides is 1. The SMILES string of the molecule is O=C(Nc1ccccc1)c1ccccc1C(O)(c1ccccc1)c1ccc(Cl)cc1. The van der Waals surface area contributed by atoms with Crippen molar-refractivity contribution in [2.75, 3.05) is 5.32 Å². The van der Waals surface area contributed by atoms with Gasteiger partial charge in [-0.3, -0.25) is 4.79 Å². The second-order valence-electron chi connectivity index (χ2n) is 6.95. The molecule has 4 aromatic carbocycles. The summed E-state index contributed by atoms with van der Waals surface area (Å²) >= 11 is 6.08. The zero-order chi connectivity index (χ0) is 21.0. The van der Waals surface area contributed by atoms with Gasteiger partial charge < -0.3 is 10.4 Å². The number of benzene rings is 4. The van der Waals surface area contributed by atoms with Gasteiger partial charge in [0.2, 0.25) is 0 Å². The Labute approximate surface area is 180 Å². The first-order chi connectivity index (χ1) is 14.6. The van der Waals surface area contributed by atoms with Crippen molar-refractivity contribution in [3.8, 4) is 0 Å². The predicted octanol–water partition coefficient (Wildman–Crippen LogP) is 5.88. The van der Waals surface area contributed by atoms with Gasteiger partial charge in [-0.15, -0.1) is 0 Å². The molecular weight excluding hydrogens is 394 g/mol. The number of hydrogen-bond acceptors (Lipinski definition) is 2. The highest BCUT2D eigenvalue weighted by Crippen LogP contribution is 2.39. The fourth-order valence-electron chi connectivity index (χ4n) is 3.56. The van der Waals surface area contributed by atoms with Gasteiger partial charge in [0.15, 0.2) is 0 Å². The predicted molar refractivity (Wildman–Crippen MR) is 121 cm³/mol. The highest BCUT2D eigenvalue weighted by Gasteiger charge is 2.36. The molecule has 0 aliphatic rings. The van der Waals surface area contributed by atoms with Gasteiger partial charge in [-0.2, -0.15) is 0 Å². The lowest BCUT2D eigenvalue weighted by atomic mass is 9.78. The van der Waals surface area contributed by atoms with Gasteiger partial charge in [0.25, 0.3) is 5.91 Å². The second-order valence-corrected chi connectivity index (χ2v) is 7.39. The van der Waals surface area contributed by atoms with Gasteiger partial charge in [0.05, 0.1) is 0 Å². The fourth-order valence-corrected chi connectivity index (χ4v) is 3.69. The van der Waals surface area contributed by atoms with Crippen LogP contribution in [0.1, 0.15) is 27.0 Å². The molecule has 0 bridgehead atoms. The van der Waals surface area contributed by atoms with E-state index in [1.807, 2.05) is 66.7 Å². The third-order valence-corrected chi connectivity index (χ3v) is 5.30. The molecule has 2 N–H and O–H groups in total. The number of rotatable bonds is 5. The smallest absolute Gasteiger partial charge is 0.256 e. The number of para-hydroxylation sites is 1. The summed E-state index contributed by atoms with van der Waals surface area (Å²) < 4.78 is 0. The monoisotopic (exact) mass is 413 g/mol. The number of aliphatic hydroxyl groups is 1. The molecule has 3 nitrogen and oxygen atoms in total. The summed E-state index contributed by atoms with van der Waals surface area (Å²) in [5.41, 5.74) is 1.32. The van der Waals surface area contributed by atoms with Crippen molar-refractivity contribution in [3.63, 3.8) is 0 Å². The van der Waals surface area contributed by atoms with E-state index in [0.717, 1.165) is 0 Å². The van der Waals surface area contributed by atoms with Crippen molar-refractivity contribution in [2.24, 2.45) is 0 Å². The number of carbonyl (C=O) groups excluding carboxylic acids is 1. The molecule has 0 fully saturated rings. The van der Waals surface area contributed by atoms with Crippen LogP contribution in [0.5, 0.6) is 0 Å². The van der Waals surface area contributed by atoms with Crippen LogP contribution in [0.2, 0.25) is 5.02 Å². The molecule has 1 atom stereocenters. The number of nitrogens with one attached hydrogen (secondary N) is 1. The largest absolute Gasteiger partial charge is 0.376 e. The lowest BCUT2D eigenvalue weighted by Gasteiger charge is -2.31. The van der Waals surface area contributed by atoms with E-state index in [9.17, 15) is 9.90 Å². The Kier molecular flexibility index (Phi) is 5.66. The van der Waals surface area contributed by atoms with Gasteiger partial charge in [0.1, 0.15) is 5.60 Å². The van der Waals surface area contributed by atoms with Gasteiger partial charge in [0, 0.05) is 21.8 Å². The number of carbonyl (C=O) groups is 1. The van der Waals surface area contributed by atoms with E-state index in [2.05, 4.69) is 5.32 Å². The Morgan fingerprint density at radius 3 is 1.90 bits per heavy atom. The van der Waals surface area contributed by atoms with Crippen LogP contribution >= 0.6 is 11.6 Å². The quantitative estimate of drug-likeness (QED) is 0.401. The zero-order valence-corrected chi connectivity index (χ0v) is 16.9. The summed E-state index contributed by atoms with van der Waals surface area (Å²) in [4.78, 5) is 13.2. The molecule has 1 unspecified atom stereocenters. The maximum Gasteiger partial charge on any atom is 0.256 e. The Morgan fingerprint density at radius 1 is 0.700 bits per heavy atom. The number of hydrogen-bond donors (Lipinski definition) is 2. The van der Waals surface area contributed by atoms with E-state index in [-0.39, 0.29) is 5.91 Å². The first-order valence-electron chi connectivity index (χ1n) is 9.59. The minimum absolute atomic E-state index is 0.292. The highest BCUT2D eigenvalue weighted by atomic mass is 35.5. The highest BCUT2D eigenvalue weighted by molar-refractivity contribution is 6.30. The van der Waals surface area contributed by atoms with E-state index in [4.69, 9.17) is 11.6 Å². The molecular formula is C26H20ClNO2. The normalized spacial score (nSPS) is 12.7.